The topological polar surface area (TPSA) is 50.8 Å². The molecule has 1 atom stereocenters. The molecule has 1 aromatic rings. The predicted octanol–water partition coefficient (Wildman–Crippen LogP) is 2.97. The SMILES string of the molecule is CC(C)CN1CCOC(CNC(=O)C(C)(C)Oc2ccc(Cl)cc2)C1. The highest BCUT2D eigenvalue weighted by Crippen LogP contribution is 2.21. The summed E-state index contributed by atoms with van der Waals surface area (Å²) in [5, 5.41) is 3.59. The molecule has 0 saturated carbocycles. The van der Waals surface area contributed by atoms with E-state index in [0.29, 0.717) is 29.8 Å². The van der Waals surface area contributed by atoms with E-state index in [1.165, 1.54) is 0 Å². The van der Waals surface area contributed by atoms with Gasteiger partial charge in [-0.15, -0.1) is 0 Å². The Morgan fingerprint density at radius 2 is 2.08 bits per heavy atom. The Labute approximate surface area is 155 Å². The molecule has 1 unspecified atom stereocenters. The average molecular weight is 369 g/mol. The van der Waals surface area contributed by atoms with Crippen LogP contribution in [-0.4, -0.2) is 55.3 Å². The van der Waals surface area contributed by atoms with Crippen LogP contribution in [0.15, 0.2) is 24.3 Å². The van der Waals surface area contributed by atoms with Crippen LogP contribution in [0.25, 0.3) is 0 Å². The number of rotatable bonds is 7. The van der Waals surface area contributed by atoms with Gasteiger partial charge in [-0.1, -0.05) is 25.4 Å². The van der Waals surface area contributed by atoms with Crippen LogP contribution in [0.3, 0.4) is 0 Å². The van der Waals surface area contributed by atoms with Gasteiger partial charge >= 0.3 is 0 Å². The third kappa shape index (κ3) is 6.49. The first kappa shape index (κ1) is 20.0. The van der Waals surface area contributed by atoms with Crippen molar-refractivity contribution in [2.75, 3.05) is 32.8 Å². The van der Waals surface area contributed by atoms with E-state index in [2.05, 4.69) is 24.1 Å². The molecule has 2 rings (SSSR count). The molecule has 1 heterocycles. The third-order valence-electron chi connectivity index (χ3n) is 4.07. The van der Waals surface area contributed by atoms with Crippen molar-refractivity contribution < 1.29 is 14.3 Å². The number of nitrogens with zero attached hydrogens (tertiary/aromatic N) is 1. The van der Waals surface area contributed by atoms with Gasteiger partial charge in [0.05, 0.1) is 12.7 Å². The Hall–Kier alpha value is -1.30. The summed E-state index contributed by atoms with van der Waals surface area (Å²) in [5.41, 5.74) is -0.972. The average Bonchev–Trinajstić information content (AvgIpc) is 2.54. The second-order valence-corrected chi connectivity index (χ2v) is 7.86. The molecule has 1 fully saturated rings. The maximum Gasteiger partial charge on any atom is 0.263 e. The van der Waals surface area contributed by atoms with Crippen molar-refractivity contribution in [3.63, 3.8) is 0 Å². The summed E-state index contributed by atoms with van der Waals surface area (Å²) < 4.78 is 11.6. The highest BCUT2D eigenvalue weighted by molar-refractivity contribution is 6.30. The molecule has 140 valence electrons. The van der Waals surface area contributed by atoms with Gasteiger partial charge in [0.15, 0.2) is 5.60 Å². The number of morpholine rings is 1. The van der Waals surface area contributed by atoms with Gasteiger partial charge in [-0.3, -0.25) is 9.69 Å². The molecule has 0 aliphatic carbocycles. The zero-order valence-corrected chi connectivity index (χ0v) is 16.3. The monoisotopic (exact) mass is 368 g/mol. The number of hydrogen-bond acceptors (Lipinski definition) is 4. The molecule has 1 saturated heterocycles. The van der Waals surface area contributed by atoms with Gasteiger partial charge in [-0.25, -0.2) is 0 Å². The Morgan fingerprint density at radius 3 is 2.72 bits per heavy atom. The van der Waals surface area contributed by atoms with Crippen LogP contribution < -0.4 is 10.1 Å². The quantitative estimate of drug-likeness (QED) is 0.803. The van der Waals surface area contributed by atoms with Crippen LogP contribution in [0.2, 0.25) is 5.02 Å². The van der Waals surface area contributed by atoms with Crippen molar-refractivity contribution in [1.29, 1.82) is 0 Å². The van der Waals surface area contributed by atoms with E-state index in [0.717, 1.165) is 19.6 Å². The fourth-order valence-electron chi connectivity index (χ4n) is 2.85. The van der Waals surface area contributed by atoms with E-state index in [1.54, 1.807) is 38.1 Å². The van der Waals surface area contributed by atoms with E-state index < -0.39 is 5.60 Å². The molecule has 6 heteroatoms. The molecular formula is C19H29ClN2O3. The van der Waals surface area contributed by atoms with E-state index in [9.17, 15) is 4.79 Å². The van der Waals surface area contributed by atoms with Gasteiger partial charge in [0, 0.05) is 31.2 Å². The zero-order chi connectivity index (χ0) is 18.4. The smallest absolute Gasteiger partial charge is 0.263 e. The minimum absolute atomic E-state index is 0.0165. The van der Waals surface area contributed by atoms with Crippen molar-refractivity contribution in [3.05, 3.63) is 29.3 Å². The number of carbonyl (C=O) groups excluding carboxylic acids is 1. The summed E-state index contributed by atoms with van der Waals surface area (Å²) >= 11 is 5.87. The Bertz CT molecular complexity index is 560. The highest BCUT2D eigenvalue weighted by atomic mass is 35.5. The summed E-state index contributed by atoms with van der Waals surface area (Å²) in [6.45, 7) is 12.0. The number of halogens is 1. The van der Waals surface area contributed by atoms with Crippen LogP contribution >= 0.6 is 11.6 Å². The number of nitrogens with one attached hydrogen (secondary N) is 1. The number of benzene rings is 1. The van der Waals surface area contributed by atoms with Crippen molar-refractivity contribution in [2.45, 2.75) is 39.4 Å². The fourth-order valence-corrected chi connectivity index (χ4v) is 2.98. The minimum Gasteiger partial charge on any atom is -0.478 e. The van der Waals surface area contributed by atoms with Crippen LogP contribution in [0.5, 0.6) is 5.75 Å². The van der Waals surface area contributed by atoms with Gasteiger partial charge in [0.1, 0.15) is 5.75 Å². The van der Waals surface area contributed by atoms with Gasteiger partial charge in [-0.2, -0.15) is 0 Å². The van der Waals surface area contributed by atoms with Crippen LogP contribution in [0.4, 0.5) is 0 Å². The number of ether oxygens (including phenoxy) is 2. The number of carbonyl (C=O) groups is 1. The second kappa shape index (κ2) is 8.88. The Kier molecular flexibility index (Phi) is 7.11. The first-order chi connectivity index (χ1) is 11.8. The summed E-state index contributed by atoms with van der Waals surface area (Å²) in [4.78, 5) is 14.9. The maximum absolute atomic E-state index is 12.5. The van der Waals surface area contributed by atoms with E-state index >= 15 is 0 Å². The molecule has 1 aromatic carbocycles. The van der Waals surface area contributed by atoms with Crippen LogP contribution in [-0.2, 0) is 9.53 Å². The molecule has 1 aliphatic heterocycles. The molecule has 0 radical (unpaired) electrons. The summed E-state index contributed by atoms with van der Waals surface area (Å²) in [5.74, 6) is 1.08. The lowest BCUT2D eigenvalue weighted by molar-refractivity contribution is -0.135. The van der Waals surface area contributed by atoms with E-state index in [1.807, 2.05) is 0 Å². The van der Waals surface area contributed by atoms with Crippen molar-refractivity contribution >= 4 is 17.5 Å². The lowest BCUT2D eigenvalue weighted by atomic mass is 10.1. The highest BCUT2D eigenvalue weighted by Gasteiger charge is 2.31. The molecule has 1 N–H and O–H groups in total. The van der Waals surface area contributed by atoms with Gasteiger partial charge < -0.3 is 14.8 Å². The molecule has 25 heavy (non-hydrogen) atoms. The minimum atomic E-state index is -0.972. The molecule has 0 spiro atoms. The molecule has 5 nitrogen and oxygen atoms in total. The lowest BCUT2D eigenvalue weighted by Gasteiger charge is -2.34. The summed E-state index contributed by atoms with van der Waals surface area (Å²) in [6, 6.07) is 6.99. The Balaban J connectivity index is 1.82. The van der Waals surface area contributed by atoms with Crippen LogP contribution in [0.1, 0.15) is 27.7 Å². The maximum atomic E-state index is 12.5. The summed E-state index contributed by atoms with van der Waals surface area (Å²) in [7, 11) is 0. The molecule has 0 bridgehead atoms. The van der Waals surface area contributed by atoms with Gasteiger partial charge in [0.25, 0.3) is 5.91 Å². The Morgan fingerprint density at radius 1 is 1.40 bits per heavy atom. The third-order valence-corrected chi connectivity index (χ3v) is 4.32. The predicted molar refractivity (Wildman–Crippen MR) is 100 cm³/mol. The first-order valence-electron chi connectivity index (χ1n) is 8.83. The number of amides is 1. The van der Waals surface area contributed by atoms with Crippen molar-refractivity contribution in [3.8, 4) is 5.75 Å². The van der Waals surface area contributed by atoms with Crippen LogP contribution in [0, 0.1) is 5.92 Å². The molecule has 1 amide bonds. The first-order valence-corrected chi connectivity index (χ1v) is 9.21. The molecular weight excluding hydrogens is 340 g/mol. The van der Waals surface area contributed by atoms with E-state index in [4.69, 9.17) is 21.1 Å². The molecule has 0 aromatic heterocycles. The van der Waals surface area contributed by atoms with Crippen molar-refractivity contribution in [2.24, 2.45) is 5.92 Å². The lowest BCUT2D eigenvalue weighted by Crippen LogP contribution is -2.52. The fraction of sp³-hybridized carbons (Fsp3) is 0.632. The number of hydrogen-bond donors (Lipinski definition) is 1. The second-order valence-electron chi connectivity index (χ2n) is 7.42. The normalized spacial score (nSPS) is 19.0. The summed E-state index contributed by atoms with van der Waals surface area (Å²) in [6.07, 6.45) is 0.0165. The standard InChI is InChI=1S/C19H29ClN2O3/c1-14(2)12-22-9-10-24-17(13-22)11-21-18(23)19(3,4)25-16-7-5-15(20)6-8-16/h5-8,14,17H,9-13H2,1-4H3,(H,21,23). The zero-order valence-electron chi connectivity index (χ0n) is 15.5. The van der Waals surface area contributed by atoms with E-state index in [-0.39, 0.29) is 12.0 Å². The van der Waals surface area contributed by atoms with Gasteiger partial charge in [-0.05, 0) is 44.0 Å². The van der Waals surface area contributed by atoms with Gasteiger partial charge in [0.2, 0.25) is 0 Å². The van der Waals surface area contributed by atoms with Crippen molar-refractivity contribution in [1.82, 2.24) is 10.2 Å². The largest absolute Gasteiger partial charge is 0.478 e. The molecule has 1 aliphatic rings.